The summed E-state index contributed by atoms with van der Waals surface area (Å²) in [5, 5.41) is 3.41. The minimum atomic E-state index is 0. The Labute approximate surface area is 139 Å². The standard InChI is InChI=1S/C15H23N3O.2ClH/c1-12(13-5-3-7-16-10-13)9-15(19)18(2)14-6-4-8-17-11-14;;/h4,6,8,11-13,16H,3,5,7,9-10H2,1-2H3;2*1H. The lowest BCUT2D eigenvalue weighted by molar-refractivity contribution is -0.119. The molecular weight excluding hydrogens is 309 g/mol. The molecule has 4 nitrogen and oxygen atoms in total. The van der Waals surface area contributed by atoms with Crippen molar-refractivity contribution in [3.63, 3.8) is 0 Å². The number of nitrogens with zero attached hydrogens (tertiary/aromatic N) is 2. The first kappa shape index (κ1) is 20.2. The number of halogens is 2. The molecule has 1 amide bonds. The Morgan fingerprint density at radius 3 is 2.86 bits per heavy atom. The molecule has 0 aliphatic carbocycles. The van der Waals surface area contributed by atoms with Crippen molar-refractivity contribution in [1.82, 2.24) is 10.3 Å². The number of nitrogens with one attached hydrogen (secondary N) is 1. The fourth-order valence-corrected chi connectivity index (χ4v) is 2.64. The van der Waals surface area contributed by atoms with E-state index in [0.29, 0.717) is 18.3 Å². The Hall–Kier alpha value is -0.840. The van der Waals surface area contributed by atoms with Crippen LogP contribution < -0.4 is 10.2 Å². The molecular formula is C15H25Cl2N3O. The summed E-state index contributed by atoms with van der Waals surface area (Å²) in [4.78, 5) is 18.0. The van der Waals surface area contributed by atoms with Crippen molar-refractivity contribution in [1.29, 1.82) is 0 Å². The summed E-state index contributed by atoms with van der Waals surface area (Å²) in [5.41, 5.74) is 0.862. The second-order valence-electron chi connectivity index (χ2n) is 5.45. The molecule has 0 spiro atoms. The Morgan fingerprint density at radius 2 is 2.29 bits per heavy atom. The van der Waals surface area contributed by atoms with E-state index in [1.54, 1.807) is 17.3 Å². The Kier molecular flexibility index (Phi) is 9.58. The fraction of sp³-hybridized carbons (Fsp3) is 0.600. The van der Waals surface area contributed by atoms with E-state index in [1.165, 1.54) is 12.8 Å². The molecule has 2 atom stereocenters. The summed E-state index contributed by atoms with van der Waals surface area (Å²) in [6, 6.07) is 3.77. The van der Waals surface area contributed by atoms with E-state index in [0.717, 1.165) is 18.8 Å². The van der Waals surface area contributed by atoms with Crippen molar-refractivity contribution in [3.05, 3.63) is 24.5 Å². The van der Waals surface area contributed by atoms with Gasteiger partial charge in [0.25, 0.3) is 0 Å². The lowest BCUT2D eigenvalue weighted by atomic mass is 9.85. The monoisotopic (exact) mass is 333 g/mol. The zero-order valence-electron chi connectivity index (χ0n) is 12.6. The molecule has 1 fully saturated rings. The molecule has 2 unspecified atom stereocenters. The van der Waals surface area contributed by atoms with Gasteiger partial charge in [-0.05, 0) is 49.9 Å². The van der Waals surface area contributed by atoms with Crippen LogP contribution in [-0.4, -0.2) is 31.0 Å². The van der Waals surface area contributed by atoms with Crippen LogP contribution in [0.5, 0.6) is 0 Å². The van der Waals surface area contributed by atoms with Crippen molar-refractivity contribution < 1.29 is 4.79 Å². The first-order chi connectivity index (χ1) is 9.18. The van der Waals surface area contributed by atoms with Gasteiger partial charge in [0.15, 0.2) is 0 Å². The molecule has 6 heteroatoms. The van der Waals surface area contributed by atoms with Gasteiger partial charge in [0.2, 0.25) is 5.91 Å². The van der Waals surface area contributed by atoms with Crippen LogP contribution in [0.25, 0.3) is 0 Å². The second kappa shape index (κ2) is 9.98. The van der Waals surface area contributed by atoms with E-state index in [2.05, 4.69) is 17.2 Å². The van der Waals surface area contributed by atoms with E-state index in [9.17, 15) is 4.79 Å². The number of rotatable bonds is 4. The molecule has 0 radical (unpaired) electrons. The van der Waals surface area contributed by atoms with E-state index in [1.807, 2.05) is 19.2 Å². The summed E-state index contributed by atoms with van der Waals surface area (Å²) >= 11 is 0. The number of amides is 1. The molecule has 2 rings (SSSR count). The quantitative estimate of drug-likeness (QED) is 0.921. The number of pyridine rings is 1. The zero-order chi connectivity index (χ0) is 13.7. The van der Waals surface area contributed by atoms with Crippen LogP contribution in [0.1, 0.15) is 26.2 Å². The topological polar surface area (TPSA) is 45.2 Å². The van der Waals surface area contributed by atoms with Gasteiger partial charge in [-0.1, -0.05) is 6.92 Å². The number of hydrogen-bond acceptors (Lipinski definition) is 3. The SMILES string of the molecule is CC(CC(=O)N(C)c1cccnc1)C1CCCNC1.Cl.Cl. The fourth-order valence-electron chi connectivity index (χ4n) is 2.64. The highest BCUT2D eigenvalue weighted by Crippen LogP contribution is 2.24. The average Bonchev–Trinajstić information content (AvgIpc) is 2.48. The molecule has 0 saturated carbocycles. The Morgan fingerprint density at radius 1 is 1.52 bits per heavy atom. The molecule has 1 N–H and O–H groups in total. The van der Waals surface area contributed by atoms with Crippen molar-refractivity contribution in [2.45, 2.75) is 26.2 Å². The van der Waals surface area contributed by atoms with Crippen LogP contribution in [0.3, 0.4) is 0 Å². The minimum Gasteiger partial charge on any atom is -0.316 e. The van der Waals surface area contributed by atoms with Crippen LogP contribution in [0.4, 0.5) is 5.69 Å². The summed E-state index contributed by atoms with van der Waals surface area (Å²) in [5.74, 6) is 1.23. The molecule has 1 aliphatic heterocycles. The van der Waals surface area contributed by atoms with Gasteiger partial charge in [-0.2, -0.15) is 0 Å². The van der Waals surface area contributed by atoms with Crippen molar-refractivity contribution >= 4 is 36.4 Å². The minimum absolute atomic E-state index is 0. The third-order valence-electron chi connectivity index (χ3n) is 4.04. The zero-order valence-corrected chi connectivity index (χ0v) is 14.3. The lowest BCUT2D eigenvalue weighted by Gasteiger charge is -2.29. The number of aromatic nitrogens is 1. The summed E-state index contributed by atoms with van der Waals surface area (Å²) in [7, 11) is 1.82. The van der Waals surface area contributed by atoms with Gasteiger partial charge in [0.05, 0.1) is 11.9 Å². The highest BCUT2D eigenvalue weighted by molar-refractivity contribution is 5.92. The molecule has 120 valence electrons. The molecule has 1 aliphatic rings. The number of piperidine rings is 1. The predicted molar refractivity (Wildman–Crippen MR) is 91.5 cm³/mol. The highest BCUT2D eigenvalue weighted by Gasteiger charge is 2.23. The molecule has 21 heavy (non-hydrogen) atoms. The first-order valence-corrected chi connectivity index (χ1v) is 7.06. The van der Waals surface area contributed by atoms with Crippen LogP contribution in [0.2, 0.25) is 0 Å². The largest absolute Gasteiger partial charge is 0.316 e. The molecule has 1 aromatic heterocycles. The smallest absolute Gasteiger partial charge is 0.227 e. The van der Waals surface area contributed by atoms with Crippen LogP contribution >= 0.6 is 24.8 Å². The summed E-state index contributed by atoms with van der Waals surface area (Å²) < 4.78 is 0. The predicted octanol–water partition coefficient (Wildman–Crippen LogP) is 2.91. The number of hydrogen-bond donors (Lipinski definition) is 1. The normalized spacial score (nSPS) is 18.9. The van der Waals surface area contributed by atoms with Crippen LogP contribution in [0, 0.1) is 11.8 Å². The van der Waals surface area contributed by atoms with Gasteiger partial charge in [-0.25, -0.2) is 0 Å². The van der Waals surface area contributed by atoms with Crippen molar-refractivity contribution in [2.24, 2.45) is 11.8 Å². The van der Waals surface area contributed by atoms with Crippen molar-refractivity contribution in [2.75, 3.05) is 25.0 Å². The van der Waals surface area contributed by atoms with E-state index >= 15 is 0 Å². The molecule has 2 heterocycles. The second-order valence-corrected chi connectivity index (χ2v) is 5.45. The lowest BCUT2D eigenvalue weighted by Crippen LogP contribution is -2.36. The van der Waals surface area contributed by atoms with Crippen LogP contribution in [-0.2, 0) is 4.79 Å². The number of carbonyl (C=O) groups excluding carboxylic acids is 1. The van der Waals surface area contributed by atoms with Gasteiger partial charge >= 0.3 is 0 Å². The maximum Gasteiger partial charge on any atom is 0.227 e. The van der Waals surface area contributed by atoms with Gasteiger partial charge in [0.1, 0.15) is 0 Å². The molecule has 0 bridgehead atoms. The van der Waals surface area contributed by atoms with Gasteiger partial charge < -0.3 is 10.2 Å². The van der Waals surface area contributed by atoms with E-state index < -0.39 is 0 Å². The van der Waals surface area contributed by atoms with Crippen LogP contribution in [0.15, 0.2) is 24.5 Å². The Balaban J connectivity index is 0.00000200. The third kappa shape index (κ3) is 5.81. The summed E-state index contributed by atoms with van der Waals surface area (Å²) in [6.45, 7) is 4.35. The first-order valence-electron chi connectivity index (χ1n) is 7.06. The number of anilines is 1. The highest BCUT2D eigenvalue weighted by atomic mass is 35.5. The average molecular weight is 334 g/mol. The van der Waals surface area contributed by atoms with E-state index in [-0.39, 0.29) is 30.7 Å². The summed E-state index contributed by atoms with van der Waals surface area (Å²) in [6.07, 6.45) is 6.51. The third-order valence-corrected chi connectivity index (χ3v) is 4.04. The Bertz CT molecular complexity index is 411. The van der Waals surface area contributed by atoms with Gasteiger partial charge in [0, 0.05) is 19.7 Å². The molecule has 1 aromatic rings. The van der Waals surface area contributed by atoms with Crippen molar-refractivity contribution in [3.8, 4) is 0 Å². The maximum atomic E-state index is 12.3. The number of carbonyl (C=O) groups is 1. The molecule has 0 aromatic carbocycles. The van der Waals surface area contributed by atoms with E-state index in [4.69, 9.17) is 0 Å². The van der Waals surface area contributed by atoms with Gasteiger partial charge in [-0.3, -0.25) is 9.78 Å². The molecule has 1 saturated heterocycles. The van der Waals surface area contributed by atoms with Gasteiger partial charge in [-0.15, -0.1) is 24.8 Å². The maximum absolute atomic E-state index is 12.3.